The monoisotopic (exact) mass is 301 g/mol. The van der Waals surface area contributed by atoms with Gasteiger partial charge in [0.15, 0.2) is 0 Å². The Morgan fingerprint density at radius 2 is 2.19 bits per heavy atom. The smallest absolute Gasteiger partial charge is 0.318 e. The molecule has 8 nitrogen and oxygen atoms in total. The molecular weight excluding hydrogens is 278 g/mol. The maximum Gasteiger partial charge on any atom is 0.318 e. The second kappa shape index (κ2) is 7.82. The van der Waals surface area contributed by atoms with E-state index in [0.29, 0.717) is 13.2 Å². The van der Waals surface area contributed by atoms with E-state index >= 15 is 0 Å². The lowest BCUT2D eigenvalue weighted by Gasteiger charge is -2.35. The van der Waals surface area contributed by atoms with E-state index in [-0.39, 0.29) is 18.5 Å². The Kier molecular flexibility index (Phi) is 6.41. The number of piperazine rings is 1. The summed E-state index contributed by atoms with van der Waals surface area (Å²) < 4.78 is 5.06. The highest BCUT2D eigenvalue weighted by molar-refractivity contribution is 5.91. The molecule has 120 valence electrons. The molecule has 0 bridgehead atoms. The topological polar surface area (TPSA) is 108 Å². The third-order valence-electron chi connectivity index (χ3n) is 3.42. The highest BCUT2D eigenvalue weighted by Crippen LogP contribution is 2.11. The van der Waals surface area contributed by atoms with Gasteiger partial charge in [-0.15, -0.1) is 0 Å². The van der Waals surface area contributed by atoms with E-state index in [2.05, 4.69) is 10.6 Å². The van der Waals surface area contributed by atoms with Crippen molar-refractivity contribution >= 4 is 17.9 Å². The number of methoxy groups -OCH3 is 1. The summed E-state index contributed by atoms with van der Waals surface area (Å²) in [5.41, 5.74) is 0. The Morgan fingerprint density at radius 3 is 2.71 bits per heavy atom. The van der Waals surface area contributed by atoms with Gasteiger partial charge in [-0.3, -0.25) is 9.59 Å². The van der Waals surface area contributed by atoms with Crippen LogP contribution in [0.3, 0.4) is 0 Å². The lowest BCUT2D eigenvalue weighted by molar-refractivity contribution is -0.142. The van der Waals surface area contributed by atoms with E-state index in [1.54, 1.807) is 7.11 Å². The first kappa shape index (κ1) is 17.2. The number of ether oxygens (including phenoxy) is 1. The van der Waals surface area contributed by atoms with E-state index in [9.17, 15) is 14.4 Å². The van der Waals surface area contributed by atoms with E-state index in [4.69, 9.17) is 9.84 Å². The van der Waals surface area contributed by atoms with Gasteiger partial charge in [-0.1, -0.05) is 13.8 Å². The highest BCUT2D eigenvalue weighted by Gasteiger charge is 2.35. The van der Waals surface area contributed by atoms with Gasteiger partial charge in [0.1, 0.15) is 6.04 Å². The molecule has 21 heavy (non-hydrogen) atoms. The van der Waals surface area contributed by atoms with Crippen molar-refractivity contribution in [3.63, 3.8) is 0 Å². The summed E-state index contributed by atoms with van der Waals surface area (Å²) in [5.74, 6) is -1.40. The van der Waals surface area contributed by atoms with E-state index in [0.717, 1.165) is 0 Å². The molecule has 0 aromatic heterocycles. The largest absolute Gasteiger partial charge is 0.481 e. The van der Waals surface area contributed by atoms with Crippen LogP contribution in [0, 0.1) is 5.92 Å². The van der Waals surface area contributed by atoms with Gasteiger partial charge in [0.2, 0.25) is 5.91 Å². The summed E-state index contributed by atoms with van der Waals surface area (Å²) >= 11 is 0. The molecule has 0 aromatic carbocycles. The molecule has 0 aromatic rings. The number of nitrogens with zero attached hydrogens (tertiary/aromatic N) is 1. The number of carboxylic acids is 1. The molecule has 0 spiro atoms. The molecule has 1 heterocycles. The predicted octanol–water partition coefficient (Wildman–Crippen LogP) is -0.358. The Labute approximate surface area is 123 Å². The van der Waals surface area contributed by atoms with Crippen LogP contribution >= 0.6 is 0 Å². The van der Waals surface area contributed by atoms with Gasteiger partial charge >= 0.3 is 12.0 Å². The standard InChI is InChI=1S/C13H23N3O5/c1-8(2)9(7-21-3)15-13(20)16-5-4-14-12(19)10(16)6-11(17)18/h8-10H,4-7H2,1-3H3,(H,14,19)(H,15,20)(H,17,18). The molecular formula is C13H23N3O5. The van der Waals surface area contributed by atoms with Gasteiger partial charge in [-0.2, -0.15) is 0 Å². The van der Waals surface area contributed by atoms with E-state index in [1.165, 1.54) is 4.90 Å². The molecule has 0 aliphatic carbocycles. The summed E-state index contributed by atoms with van der Waals surface area (Å²) in [6, 6.07) is -1.61. The normalized spacial score (nSPS) is 20.1. The van der Waals surface area contributed by atoms with Crippen LogP contribution in [0.5, 0.6) is 0 Å². The Morgan fingerprint density at radius 1 is 1.52 bits per heavy atom. The third kappa shape index (κ3) is 4.89. The third-order valence-corrected chi connectivity index (χ3v) is 3.42. The number of nitrogens with one attached hydrogen (secondary N) is 2. The van der Waals surface area contributed by atoms with Gasteiger partial charge in [-0.05, 0) is 5.92 Å². The number of hydrogen-bond acceptors (Lipinski definition) is 4. The number of hydrogen-bond donors (Lipinski definition) is 3. The van der Waals surface area contributed by atoms with E-state index < -0.39 is 30.4 Å². The molecule has 3 amide bonds. The number of carbonyl (C=O) groups is 3. The summed E-state index contributed by atoms with van der Waals surface area (Å²) in [6.07, 6.45) is -0.407. The Bertz CT molecular complexity index is 399. The average molecular weight is 301 g/mol. The molecule has 1 aliphatic rings. The molecule has 0 saturated carbocycles. The maximum atomic E-state index is 12.3. The first-order valence-corrected chi connectivity index (χ1v) is 6.92. The molecule has 1 rings (SSSR count). The van der Waals surface area contributed by atoms with Crippen molar-refractivity contribution < 1.29 is 24.2 Å². The van der Waals surface area contributed by atoms with Crippen molar-refractivity contribution in [2.45, 2.75) is 32.4 Å². The number of carbonyl (C=O) groups excluding carboxylic acids is 2. The number of amides is 3. The van der Waals surface area contributed by atoms with Crippen molar-refractivity contribution in [1.82, 2.24) is 15.5 Å². The fraction of sp³-hybridized carbons (Fsp3) is 0.769. The average Bonchev–Trinajstić information content (AvgIpc) is 2.39. The Balaban J connectivity index is 2.76. The maximum absolute atomic E-state index is 12.3. The highest BCUT2D eigenvalue weighted by atomic mass is 16.5. The minimum atomic E-state index is -1.12. The van der Waals surface area contributed by atoms with Crippen molar-refractivity contribution in [1.29, 1.82) is 0 Å². The minimum absolute atomic E-state index is 0.158. The van der Waals surface area contributed by atoms with Gasteiger partial charge in [0, 0.05) is 20.2 Å². The number of urea groups is 1. The first-order chi connectivity index (χ1) is 9.86. The van der Waals surface area contributed by atoms with Gasteiger partial charge in [-0.25, -0.2) is 4.79 Å². The van der Waals surface area contributed by atoms with Crippen LogP contribution in [-0.4, -0.2) is 66.8 Å². The fourth-order valence-electron chi connectivity index (χ4n) is 2.15. The molecule has 1 fully saturated rings. The second-order valence-electron chi connectivity index (χ2n) is 5.35. The van der Waals surface area contributed by atoms with Crippen LogP contribution in [0.4, 0.5) is 4.79 Å². The fourth-order valence-corrected chi connectivity index (χ4v) is 2.15. The molecule has 1 aliphatic heterocycles. The number of rotatable bonds is 6. The number of carboxylic acid groups (broad SMARTS) is 1. The Hall–Kier alpha value is -1.83. The van der Waals surface area contributed by atoms with Crippen LogP contribution in [0.1, 0.15) is 20.3 Å². The second-order valence-corrected chi connectivity index (χ2v) is 5.35. The molecule has 2 atom stereocenters. The van der Waals surface area contributed by atoms with Gasteiger partial charge in [0.05, 0.1) is 19.1 Å². The zero-order valence-corrected chi connectivity index (χ0v) is 12.6. The summed E-state index contributed by atoms with van der Waals surface area (Å²) in [6.45, 7) is 4.85. The lowest BCUT2D eigenvalue weighted by atomic mass is 10.1. The van der Waals surface area contributed by atoms with Crippen molar-refractivity contribution in [2.24, 2.45) is 5.92 Å². The minimum Gasteiger partial charge on any atom is -0.481 e. The molecule has 8 heteroatoms. The molecule has 1 saturated heterocycles. The van der Waals surface area contributed by atoms with Crippen LogP contribution in [0.25, 0.3) is 0 Å². The molecule has 2 unspecified atom stereocenters. The molecule has 3 N–H and O–H groups in total. The lowest BCUT2D eigenvalue weighted by Crippen LogP contribution is -2.61. The summed E-state index contributed by atoms with van der Waals surface area (Å²) in [5, 5.41) is 14.3. The number of aliphatic carboxylic acids is 1. The summed E-state index contributed by atoms with van der Waals surface area (Å²) in [7, 11) is 1.54. The van der Waals surface area contributed by atoms with Gasteiger partial charge < -0.3 is 25.4 Å². The SMILES string of the molecule is COCC(NC(=O)N1CCNC(=O)C1CC(=O)O)C(C)C. The first-order valence-electron chi connectivity index (χ1n) is 6.92. The van der Waals surface area contributed by atoms with Crippen molar-refractivity contribution in [2.75, 3.05) is 26.8 Å². The summed E-state index contributed by atoms with van der Waals surface area (Å²) in [4.78, 5) is 36.2. The molecule has 0 radical (unpaired) electrons. The van der Waals surface area contributed by atoms with Crippen molar-refractivity contribution in [3.8, 4) is 0 Å². The van der Waals surface area contributed by atoms with Crippen LogP contribution in [0.15, 0.2) is 0 Å². The zero-order valence-electron chi connectivity index (χ0n) is 12.6. The van der Waals surface area contributed by atoms with Crippen LogP contribution in [0.2, 0.25) is 0 Å². The van der Waals surface area contributed by atoms with Gasteiger partial charge in [0.25, 0.3) is 0 Å². The predicted molar refractivity (Wildman–Crippen MR) is 74.8 cm³/mol. The van der Waals surface area contributed by atoms with Crippen molar-refractivity contribution in [3.05, 3.63) is 0 Å². The van der Waals surface area contributed by atoms with Crippen LogP contribution < -0.4 is 10.6 Å². The zero-order chi connectivity index (χ0) is 16.0. The quantitative estimate of drug-likeness (QED) is 0.621. The van der Waals surface area contributed by atoms with Crippen LogP contribution in [-0.2, 0) is 14.3 Å². The van der Waals surface area contributed by atoms with E-state index in [1.807, 2.05) is 13.8 Å².